The van der Waals surface area contributed by atoms with Gasteiger partial charge in [-0.05, 0) is 0 Å². The molecule has 0 N–H and O–H groups in total. The van der Waals surface area contributed by atoms with Crippen LogP contribution in [0.25, 0.3) is 0 Å². The first-order valence-electron chi connectivity index (χ1n) is 1.62. The van der Waals surface area contributed by atoms with Crippen molar-refractivity contribution in [3.05, 3.63) is 6.42 Å². The smallest absolute Gasteiger partial charge is 0.0877 e. The van der Waals surface area contributed by atoms with E-state index in [4.69, 9.17) is 5.26 Å². The fraction of sp³-hybridized carbons (Fsp3) is 0.500. The molecular weight excluding hydrogens is 78.0 g/mol. The second-order valence-electron chi connectivity index (χ2n) is 0.789. The minimum absolute atomic E-state index is 0.427. The molecule has 0 amide bonds. The van der Waals surface area contributed by atoms with Crippen molar-refractivity contribution in [2.45, 2.75) is 0 Å². The summed E-state index contributed by atoms with van der Waals surface area (Å²) in [6, 6.07) is 1.82. The van der Waals surface area contributed by atoms with E-state index in [-0.39, 0.29) is 0 Å². The van der Waals surface area contributed by atoms with Crippen LogP contribution < -0.4 is 0 Å². The van der Waals surface area contributed by atoms with E-state index in [0.29, 0.717) is 6.61 Å². The Morgan fingerprint density at radius 3 is 2.83 bits per heavy atom. The van der Waals surface area contributed by atoms with Crippen LogP contribution in [-0.4, -0.2) is 13.7 Å². The van der Waals surface area contributed by atoms with Gasteiger partial charge in [-0.3, -0.25) is 0 Å². The van der Waals surface area contributed by atoms with E-state index in [1.54, 1.807) is 7.11 Å². The minimum Gasteiger partial charge on any atom is -0.383 e. The van der Waals surface area contributed by atoms with Crippen LogP contribution in [0.2, 0.25) is 0 Å². The lowest BCUT2D eigenvalue weighted by Crippen LogP contribution is -1.83. The maximum absolute atomic E-state index is 7.81. The fourth-order valence-corrected chi connectivity index (χ4v) is 0.121. The fourth-order valence-electron chi connectivity index (χ4n) is 0.121. The second kappa shape index (κ2) is 4.45. The first kappa shape index (κ1) is 5.45. The normalized spacial score (nSPS) is 7.33. The van der Waals surface area contributed by atoms with Crippen LogP contribution in [0.4, 0.5) is 0 Å². The van der Waals surface area contributed by atoms with Gasteiger partial charge in [-0.15, -0.1) is 0 Å². The van der Waals surface area contributed by atoms with Gasteiger partial charge in [0.05, 0.1) is 19.1 Å². The number of nitrogens with zero attached hydrogens (tertiary/aromatic N) is 1. The molecule has 1 radical (unpaired) electrons. The van der Waals surface area contributed by atoms with Crippen molar-refractivity contribution in [1.82, 2.24) is 0 Å². The third-order valence-electron chi connectivity index (χ3n) is 0.341. The lowest BCUT2D eigenvalue weighted by atomic mass is 10.5. The van der Waals surface area contributed by atoms with Gasteiger partial charge < -0.3 is 4.74 Å². The first-order valence-corrected chi connectivity index (χ1v) is 1.62. The second-order valence-corrected chi connectivity index (χ2v) is 0.789. The van der Waals surface area contributed by atoms with Gasteiger partial charge in [-0.1, -0.05) is 0 Å². The molecule has 0 aliphatic carbocycles. The molecule has 0 aromatic carbocycles. The number of rotatable bonds is 2. The van der Waals surface area contributed by atoms with Crippen molar-refractivity contribution in [1.29, 1.82) is 5.26 Å². The van der Waals surface area contributed by atoms with Crippen LogP contribution in [0.3, 0.4) is 0 Å². The van der Waals surface area contributed by atoms with Crippen LogP contribution >= 0.6 is 0 Å². The van der Waals surface area contributed by atoms with Crippen molar-refractivity contribution in [3.63, 3.8) is 0 Å². The monoisotopic (exact) mass is 84.0 g/mol. The molecule has 2 nitrogen and oxygen atoms in total. The van der Waals surface area contributed by atoms with E-state index in [1.165, 1.54) is 6.42 Å². The standard InChI is InChI=1S/C4H6NO/c1-6-4-2-3-5/h2H,4H2,1H3. The van der Waals surface area contributed by atoms with Crippen LogP contribution in [0.1, 0.15) is 0 Å². The average Bonchev–Trinajstić information content (AvgIpc) is 1.61. The molecule has 0 spiro atoms. The average molecular weight is 84.1 g/mol. The maximum atomic E-state index is 7.81. The molecule has 0 unspecified atom stereocenters. The van der Waals surface area contributed by atoms with Gasteiger partial charge >= 0.3 is 0 Å². The lowest BCUT2D eigenvalue weighted by Gasteiger charge is -1.82. The first-order chi connectivity index (χ1) is 2.91. The van der Waals surface area contributed by atoms with Crippen LogP contribution in [0.15, 0.2) is 0 Å². The Hall–Kier alpha value is -0.550. The van der Waals surface area contributed by atoms with Gasteiger partial charge in [0.1, 0.15) is 0 Å². The summed E-state index contributed by atoms with van der Waals surface area (Å²) in [5, 5.41) is 7.81. The van der Waals surface area contributed by atoms with Gasteiger partial charge in [0.25, 0.3) is 0 Å². The summed E-state index contributed by atoms with van der Waals surface area (Å²) in [5.74, 6) is 0. The predicted octanol–water partition coefficient (Wildman–Crippen LogP) is 0.361. The SMILES string of the molecule is COC[CH]C#N. The predicted molar refractivity (Wildman–Crippen MR) is 21.8 cm³/mol. The Morgan fingerprint density at radius 2 is 2.67 bits per heavy atom. The highest BCUT2D eigenvalue weighted by molar-refractivity contribution is 4.90. The topological polar surface area (TPSA) is 33.0 Å². The van der Waals surface area contributed by atoms with Gasteiger partial charge in [-0.25, -0.2) is 0 Å². The van der Waals surface area contributed by atoms with Crippen LogP contribution in [0, 0.1) is 17.8 Å². The van der Waals surface area contributed by atoms with Crippen LogP contribution in [-0.2, 0) is 4.74 Å². The molecule has 0 saturated heterocycles. The highest BCUT2D eigenvalue weighted by atomic mass is 16.5. The van der Waals surface area contributed by atoms with E-state index in [0.717, 1.165) is 0 Å². The van der Waals surface area contributed by atoms with Crippen molar-refractivity contribution in [2.24, 2.45) is 0 Å². The molecule has 2 heteroatoms. The van der Waals surface area contributed by atoms with Crippen LogP contribution in [0.5, 0.6) is 0 Å². The van der Waals surface area contributed by atoms with E-state index < -0.39 is 0 Å². The van der Waals surface area contributed by atoms with Crippen molar-refractivity contribution < 1.29 is 4.74 Å². The third kappa shape index (κ3) is 3.45. The molecule has 0 rings (SSSR count). The largest absolute Gasteiger partial charge is 0.383 e. The number of hydrogen-bond donors (Lipinski definition) is 0. The Labute approximate surface area is 37.3 Å². The van der Waals surface area contributed by atoms with E-state index in [9.17, 15) is 0 Å². The zero-order chi connectivity index (χ0) is 4.83. The lowest BCUT2D eigenvalue weighted by molar-refractivity contribution is 0.227. The third-order valence-corrected chi connectivity index (χ3v) is 0.341. The van der Waals surface area contributed by atoms with Gasteiger partial charge in [-0.2, -0.15) is 5.26 Å². The Bertz CT molecular complexity index is 55.1. The van der Waals surface area contributed by atoms with E-state index in [1.807, 2.05) is 6.07 Å². The molecule has 0 atom stereocenters. The summed E-state index contributed by atoms with van der Waals surface area (Å²) in [4.78, 5) is 0. The molecule has 0 fully saturated rings. The van der Waals surface area contributed by atoms with Gasteiger partial charge in [0, 0.05) is 7.11 Å². The van der Waals surface area contributed by atoms with Crippen molar-refractivity contribution in [3.8, 4) is 6.07 Å². The minimum atomic E-state index is 0.427. The molecule has 33 valence electrons. The number of nitriles is 1. The number of ether oxygens (including phenoxy) is 1. The quantitative estimate of drug-likeness (QED) is 0.452. The molecule has 0 heterocycles. The molecule has 0 aliphatic heterocycles. The molecule has 0 aromatic rings. The van der Waals surface area contributed by atoms with Crippen molar-refractivity contribution >= 4 is 0 Å². The maximum Gasteiger partial charge on any atom is 0.0877 e. The zero-order valence-corrected chi connectivity index (χ0v) is 3.64. The molecule has 6 heavy (non-hydrogen) atoms. The molecule has 0 aliphatic rings. The van der Waals surface area contributed by atoms with E-state index >= 15 is 0 Å². The summed E-state index contributed by atoms with van der Waals surface area (Å²) in [7, 11) is 1.55. The highest BCUT2D eigenvalue weighted by Crippen LogP contribution is 1.69. The highest BCUT2D eigenvalue weighted by Gasteiger charge is 1.74. The van der Waals surface area contributed by atoms with E-state index in [2.05, 4.69) is 4.74 Å². The molecule has 0 aromatic heterocycles. The molecule has 0 saturated carbocycles. The summed E-state index contributed by atoms with van der Waals surface area (Å²) < 4.78 is 4.50. The Balaban J connectivity index is 2.54. The summed E-state index contributed by atoms with van der Waals surface area (Å²) in [6.45, 7) is 0.427. The van der Waals surface area contributed by atoms with Crippen molar-refractivity contribution in [2.75, 3.05) is 13.7 Å². The summed E-state index contributed by atoms with van der Waals surface area (Å²) >= 11 is 0. The Morgan fingerprint density at radius 1 is 2.00 bits per heavy atom. The van der Waals surface area contributed by atoms with Gasteiger partial charge in [0.2, 0.25) is 0 Å². The zero-order valence-electron chi connectivity index (χ0n) is 3.64. The number of methoxy groups -OCH3 is 1. The molecular formula is C4H6NO. The summed E-state index contributed by atoms with van der Waals surface area (Å²) in [5.41, 5.74) is 0. The Kier molecular flexibility index (Phi) is 4.04. The van der Waals surface area contributed by atoms with Gasteiger partial charge in [0.15, 0.2) is 0 Å². The summed E-state index contributed by atoms with van der Waals surface area (Å²) in [6.07, 6.45) is 1.39. The number of hydrogen-bond acceptors (Lipinski definition) is 2. The molecule has 0 bridgehead atoms.